The molecule has 1 aromatic heterocycles. The van der Waals surface area contributed by atoms with Gasteiger partial charge in [-0.15, -0.1) is 0 Å². The SMILES string of the molecule is C[C@@H]1CCCN1Cc1ccc(-c2cnc(N)c(C(=O)N[C@H]3CC[C@](C)(O)CC3)c2)c(F)c1. The molecule has 1 aliphatic heterocycles. The zero-order chi connectivity index (χ0) is 22.9. The summed E-state index contributed by atoms with van der Waals surface area (Å²) in [5.41, 5.74) is 7.41. The molecule has 0 unspecified atom stereocenters. The van der Waals surface area contributed by atoms with Gasteiger partial charge in [0.05, 0.1) is 11.2 Å². The van der Waals surface area contributed by atoms with E-state index in [1.807, 2.05) is 13.0 Å². The second-order valence-corrected chi connectivity index (χ2v) is 9.68. The molecule has 2 heterocycles. The summed E-state index contributed by atoms with van der Waals surface area (Å²) in [5.74, 6) is -0.528. The molecule has 6 nitrogen and oxygen atoms in total. The fourth-order valence-electron chi connectivity index (χ4n) is 4.80. The van der Waals surface area contributed by atoms with E-state index < -0.39 is 5.60 Å². The molecular weight excluding hydrogens is 407 g/mol. The van der Waals surface area contributed by atoms with Crippen LogP contribution in [-0.4, -0.2) is 45.1 Å². The van der Waals surface area contributed by atoms with E-state index in [1.165, 1.54) is 19.0 Å². The number of pyridine rings is 1. The van der Waals surface area contributed by atoms with Gasteiger partial charge in [0.2, 0.25) is 0 Å². The molecule has 2 fully saturated rings. The van der Waals surface area contributed by atoms with E-state index in [0.29, 0.717) is 42.9 Å². The third kappa shape index (κ3) is 5.10. The predicted octanol–water partition coefficient (Wildman–Crippen LogP) is 3.88. The molecule has 172 valence electrons. The highest BCUT2D eigenvalue weighted by Gasteiger charge is 2.30. The van der Waals surface area contributed by atoms with Crippen LogP contribution < -0.4 is 11.1 Å². The van der Waals surface area contributed by atoms with E-state index in [1.54, 1.807) is 18.2 Å². The minimum absolute atomic E-state index is 0.0187. The zero-order valence-corrected chi connectivity index (χ0v) is 18.9. The highest BCUT2D eigenvalue weighted by Crippen LogP contribution is 2.29. The van der Waals surface area contributed by atoms with Crippen molar-refractivity contribution in [1.82, 2.24) is 15.2 Å². The number of aliphatic hydroxyl groups is 1. The van der Waals surface area contributed by atoms with Gasteiger partial charge in [0.1, 0.15) is 11.6 Å². The number of nitrogens with zero attached hydrogens (tertiary/aromatic N) is 2. The Morgan fingerprint density at radius 3 is 2.72 bits per heavy atom. The van der Waals surface area contributed by atoms with Crippen molar-refractivity contribution in [2.24, 2.45) is 0 Å². The lowest BCUT2D eigenvalue weighted by Gasteiger charge is -2.33. The van der Waals surface area contributed by atoms with Crippen molar-refractivity contribution in [1.29, 1.82) is 0 Å². The average molecular weight is 441 g/mol. The van der Waals surface area contributed by atoms with Crippen LogP contribution in [0.2, 0.25) is 0 Å². The summed E-state index contributed by atoms with van der Waals surface area (Å²) in [7, 11) is 0. The van der Waals surface area contributed by atoms with E-state index in [-0.39, 0.29) is 29.1 Å². The second-order valence-electron chi connectivity index (χ2n) is 9.68. The molecule has 1 aliphatic carbocycles. The number of amides is 1. The second kappa shape index (κ2) is 9.16. The molecule has 2 aromatic rings. The van der Waals surface area contributed by atoms with Crippen LogP contribution in [0, 0.1) is 5.82 Å². The first-order valence-corrected chi connectivity index (χ1v) is 11.5. The number of likely N-dealkylation sites (tertiary alicyclic amines) is 1. The lowest BCUT2D eigenvalue weighted by Crippen LogP contribution is -2.42. The molecule has 1 amide bonds. The quantitative estimate of drug-likeness (QED) is 0.656. The van der Waals surface area contributed by atoms with Crippen molar-refractivity contribution in [3.63, 3.8) is 0 Å². The Hall–Kier alpha value is -2.51. The van der Waals surface area contributed by atoms with Gasteiger partial charge in [-0.1, -0.05) is 12.1 Å². The minimum Gasteiger partial charge on any atom is -0.390 e. The van der Waals surface area contributed by atoms with Crippen molar-refractivity contribution >= 4 is 11.7 Å². The topological polar surface area (TPSA) is 91.5 Å². The van der Waals surface area contributed by atoms with Crippen LogP contribution in [0.25, 0.3) is 11.1 Å². The van der Waals surface area contributed by atoms with Crippen LogP contribution in [0.5, 0.6) is 0 Å². The Balaban J connectivity index is 1.49. The van der Waals surface area contributed by atoms with Crippen LogP contribution >= 0.6 is 0 Å². The molecule has 4 N–H and O–H groups in total. The Labute approximate surface area is 189 Å². The van der Waals surface area contributed by atoms with Gasteiger partial charge in [0.25, 0.3) is 5.91 Å². The molecule has 2 aliphatic rings. The summed E-state index contributed by atoms with van der Waals surface area (Å²) in [5, 5.41) is 13.1. The molecule has 0 bridgehead atoms. The number of aromatic nitrogens is 1. The van der Waals surface area contributed by atoms with E-state index in [4.69, 9.17) is 5.73 Å². The van der Waals surface area contributed by atoms with Crippen molar-refractivity contribution in [2.45, 2.75) is 76.6 Å². The molecule has 0 radical (unpaired) electrons. The van der Waals surface area contributed by atoms with E-state index >= 15 is 0 Å². The number of hydrogen-bond acceptors (Lipinski definition) is 5. The van der Waals surface area contributed by atoms with E-state index in [2.05, 4.69) is 22.1 Å². The fourth-order valence-corrected chi connectivity index (χ4v) is 4.80. The number of rotatable bonds is 5. The lowest BCUT2D eigenvalue weighted by atomic mass is 9.83. The molecule has 1 atom stereocenters. The maximum Gasteiger partial charge on any atom is 0.255 e. The summed E-state index contributed by atoms with van der Waals surface area (Å²) >= 11 is 0. The maximum absolute atomic E-state index is 15.0. The number of anilines is 1. The van der Waals surface area contributed by atoms with Gasteiger partial charge in [-0.3, -0.25) is 9.69 Å². The highest BCUT2D eigenvalue weighted by molar-refractivity contribution is 5.99. The molecular formula is C25H33FN4O2. The lowest BCUT2D eigenvalue weighted by molar-refractivity contribution is 0.0140. The van der Waals surface area contributed by atoms with Crippen LogP contribution in [0.1, 0.15) is 68.3 Å². The average Bonchev–Trinajstić information content (AvgIpc) is 3.14. The van der Waals surface area contributed by atoms with Crippen molar-refractivity contribution in [2.75, 3.05) is 12.3 Å². The molecule has 1 aromatic carbocycles. The molecule has 1 saturated heterocycles. The van der Waals surface area contributed by atoms with Crippen LogP contribution in [0.15, 0.2) is 30.5 Å². The largest absolute Gasteiger partial charge is 0.390 e. The van der Waals surface area contributed by atoms with Crippen molar-refractivity contribution in [3.05, 3.63) is 47.4 Å². The molecule has 7 heteroatoms. The predicted molar refractivity (Wildman–Crippen MR) is 123 cm³/mol. The number of benzene rings is 1. The van der Waals surface area contributed by atoms with Gasteiger partial charge in [0, 0.05) is 36.0 Å². The summed E-state index contributed by atoms with van der Waals surface area (Å²) in [6, 6.07) is 7.38. The standard InChI is InChI=1S/C25H33FN4O2/c1-16-4-3-11-30(16)15-17-5-6-20(22(26)12-17)18-13-21(23(27)28-14-18)24(31)29-19-7-9-25(2,32)10-8-19/h5-6,12-14,16,19,32H,3-4,7-11,15H2,1-2H3,(H2,27,28)(H,29,31)/t16-,19-,25-/m1/s1. The first kappa shape index (κ1) is 22.7. The highest BCUT2D eigenvalue weighted by atomic mass is 19.1. The van der Waals surface area contributed by atoms with Gasteiger partial charge < -0.3 is 16.2 Å². The number of carbonyl (C=O) groups excluding carboxylic acids is 1. The number of nitrogens with one attached hydrogen (secondary N) is 1. The first-order chi connectivity index (χ1) is 15.2. The maximum atomic E-state index is 15.0. The summed E-state index contributed by atoms with van der Waals surface area (Å²) < 4.78 is 15.0. The van der Waals surface area contributed by atoms with E-state index in [0.717, 1.165) is 18.7 Å². The molecule has 32 heavy (non-hydrogen) atoms. The minimum atomic E-state index is -0.668. The summed E-state index contributed by atoms with van der Waals surface area (Å²) in [4.78, 5) is 19.4. The molecule has 0 spiro atoms. The number of nitrogens with two attached hydrogens (primary N) is 1. The number of nitrogen functional groups attached to an aromatic ring is 1. The summed E-state index contributed by atoms with van der Waals surface area (Å²) in [6.07, 6.45) is 6.56. The van der Waals surface area contributed by atoms with Crippen LogP contribution in [0.3, 0.4) is 0 Å². The normalized spacial score (nSPS) is 26.2. The van der Waals surface area contributed by atoms with Crippen LogP contribution in [0.4, 0.5) is 10.2 Å². The Kier molecular flexibility index (Phi) is 6.49. The Morgan fingerprint density at radius 2 is 2.06 bits per heavy atom. The Bertz CT molecular complexity index is 984. The summed E-state index contributed by atoms with van der Waals surface area (Å²) in [6.45, 7) is 5.81. The van der Waals surface area contributed by atoms with E-state index in [9.17, 15) is 14.3 Å². The van der Waals surface area contributed by atoms with Crippen molar-refractivity contribution < 1.29 is 14.3 Å². The monoisotopic (exact) mass is 440 g/mol. The van der Waals surface area contributed by atoms with Crippen molar-refractivity contribution in [3.8, 4) is 11.1 Å². The van der Waals surface area contributed by atoms with Crippen LogP contribution in [-0.2, 0) is 6.54 Å². The number of halogens is 1. The fraction of sp³-hybridized carbons (Fsp3) is 0.520. The van der Waals surface area contributed by atoms with Gasteiger partial charge in [-0.2, -0.15) is 0 Å². The first-order valence-electron chi connectivity index (χ1n) is 11.5. The molecule has 1 saturated carbocycles. The van der Waals surface area contributed by atoms with Gasteiger partial charge in [0.15, 0.2) is 0 Å². The number of hydrogen-bond donors (Lipinski definition) is 3. The van der Waals surface area contributed by atoms with Gasteiger partial charge in [-0.05, 0) is 76.6 Å². The third-order valence-corrected chi connectivity index (χ3v) is 6.98. The molecule has 4 rings (SSSR count). The van der Waals surface area contributed by atoms with Gasteiger partial charge >= 0.3 is 0 Å². The smallest absolute Gasteiger partial charge is 0.255 e. The van der Waals surface area contributed by atoms with Gasteiger partial charge in [-0.25, -0.2) is 9.37 Å². The number of carbonyl (C=O) groups is 1. The third-order valence-electron chi connectivity index (χ3n) is 6.98. The Morgan fingerprint density at radius 1 is 1.31 bits per heavy atom. The zero-order valence-electron chi connectivity index (χ0n) is 18.9.